The van der Waals surface area contributed by atoms with Crippen LogP contribution in [0.2, 0.25) is 0 Å². The van der Waals surface area contributed by atoms with Crippen LogP contribution in [0.4, 0.5) is 0 Å². The molecule has 0 saturated carbocycles. The number of nitrogens with one attached hydrogen (secondary N) is 2. The van der Waals surface area contributed by atoms with Gasteiger partial charge in [-0.25, -0.2) is 0 Å². The van der Waals surface area contributed by atoms with Gasteiger partial charge in [0.25, 0.3) is 0 Å². The molecule has 0 aromatic rings. The van der Waals surface area contributed by atoms with E-state index in [1.54, 1.807) is 4.90 Å². The van der Waals surface area contributed by atoms with Gasteiger partial charge >= 0.3 is 0 Å². The molecule has 10 nitrogen and oxygen atoms in total. The standard InChI is InChI=1S/C26H44N4O6/c1-5-8-27-22(32)19-20-24(34)30(18(16-31)15-17(2)3)21(26(20)7-6-25(19,4)36-26)23(33)28-9-10-29-11-13-35-14-12-29/h17-21,31H,5-16H2,1-4H3,(H,27,32)(H,28,33)/t18-,19+,20+,21?,25-,26?/m1/s1. The molecule has 3 amide bonds. The first-order chi connectivity index (χ1) is 17.2. The average Bonchev–Trinajstić information content (AvgIpc) is 3.42. The number of hydrogen-bond acceptors (Lipinski definition) is 7. The number of hydrogen-bond donors (Lipinski definition) is 3. The van der Waals surface area contributed by atoms with Crippen LogP contribution in [0.5, 0.6) is 0 Å². The SMILES string of the molecule is CCCNC(=O)[C@@H]1[C@H]2C(=O)N([C@@H](CO)CC(C)C)C(C(=O)NCCN3CCOCC3)C23CC[C@@]1(C)O3. The van der Waals surface area contributed by atoms with E-state index in [1.807, 2.05) is 27.7 Å². The maximum atomic E-state index is 14.1. The van der Waals surface area contributed by atoms with Crippen molar-refractivity contribution in [2.24, 2.45) is 17.8 Å². The highest BCUT2D eigenvalue weighted by Gasteiger charge is 2.78. The third kappa shape index (κ3) is 4.77. The maximum absolute atomic E-state index is 14.1. The van der Waals surface area contributed by atoms with Crippen molar-refractivity contribution in [2.75, 3.05) is 52.5 Å². The lowest BCUT2D eigenvalue weighted by atomic mass is 9.66. The van der Waals surface area contributed by atoms with Crippen LogP contribution in [0.3, 0.4) is 0 Å². The van der Waals surface area contributed by atoms with Crippen molar-refractivity contribution in [3.63, 3.8) is 0 Å². The molecule has 10 heteroatoms. The second-order valence-electron chi connectivity index (χ2n) is 11.5. The molecule has 0 aromatic carbocycles. The van der Waals surface area contributed by atoms with Crippen molar-refractivity contribution in [1.82, 2.24) is 20.4 Å². The number of aliphatic hydroxyl groups excluding tert-OH is 1. The molecule has 0 radical (unpaired) electrons. The van der Waals surface area contributed by atoms with Gasteiger partial charge in [-0.15, -0.1) is 0 Å². The molecular formula is C26H44N4O6. The van der Waals surface area contributed by atoms with Gasteiger partial charge in [-0.2, -0.15) is 0 Å². The smallest absolute Gasteiger partial charge is 0.245 e. The lowest BCUT2D eigenvalue weighted by molar-refractivity contribution is -0.150. The third-order valence-corrected chi connectivity index (χ3v) is 8.47. The van der Waals surface area contributed by atoms with Gasteiger partial charge in [0.15, 0.2) is 0 Å². The fourth-order valence-corrected chi connectivity index (χ4v) is 6.89. The molecule has 3 N–H and O–H groups in total. The molecular weight excluding hydrogens is 464 g/mol. The average molecular weight is 509 g/mol. The van der Waals surface area contributed by atoms with Crippen LogP contribution in [-0.2, 0) is 23.9 Å². The number of ether oxygens (including phenoxy) is 2. The molecule has 6 atom stereocenters. The topological polar surface area (TPSA) is 120 Å². The normalized spacial score (nSPS) is 34.8. The van der Waals surface area contributed by atoms with E-state index in [0.29, 0.717) is 52.1 Å². The van der Waals surface area contributed by atoms with Gasteiger partial charge in [0.2, 0.25) is 17.7 Å². The van der Waals surface area contributed by atoms with Gasteiger partial charge in [-0.05, 0) is 38.5 Å². The summed E-state index contributed by atoms with van der Waals surface area (Å²) < 4.78 is 12.0. The number of carbonyl (C=O) groups excluding carboxylic acids is 3. The summed E-state index contributed by atoms with van der Waals surface area (Å²) in [7, 11) is 0. The lowest BCUT2D eigenvalue weighted by Crippen LogP contribution is -2.58. The summed E-state index contributed by atoms with van der Waals surface area (Å²) in [6, 6.07) is -1.39. The van der Waals surface area contributed by atoms with Crippen molar-refractivity contribution in [1.29, 1.82) is 0 Å². The molecule has 4 fully saturated rings. The molecule has 2 unspecified atom stereocenters. The Hall–Kier alpha value is -1.75. The highest BCUT2D eigenvalue weighted by molar-refractivity contribution is 5.99. The molecule has 36 heavy (non-hydrogen) atoms. The van der Waals surface area contributed by atoms with Gasteiger partial charge < -0.3 is 30.1 Å². The first-order valence-corrected chi connectivity index (χ1v) is 13.7. The number of nitrogens with zero attached hydrogens (tertiary/aromatic N) is 2. The largest absolute Gasteiger partial charge is 0.394 e. The number of rotatable bonds is 11. The lowest BCUT2D eigenvalue weighted by Gasteiger charge is -2.37. The van der Waals surface area contributed by atoms with Crippen molar-refractivity contribution >= 4 is 17.7 Å². The number of likely N-dealkylation sites (tertiary alicyclic amines) is 1. The Balaban J connectivity index is 1.62. The fourth-order valence-electron chi connectivity index (χ4n) is 6.89. The zero-order valence-corrected chi connectivity index (χ0v) is 22.3. The highest BCUT2D eigenvalue weighted by Crippen LogP contribution is 2.63. The minimum atomic E-state index is -1.06. The molecule has 0 aromatic heterocycles. The summed E-state index contributed by atoms with van der Waals surface area (Å²) in [4.78, 5) is 45.0. The molecule has 204 valence electrons. The first kappa shape index (κ1) is 27.3. The van der Waals surface area contributed by atoms with Crippen LogP contribution in [0, 0.1) is 17.8 Å². The Labute approximate surface area is 214 Å². The van der Waals surface area contributed by atoms with E-state index in [2.05, 4.69) is 15.5 Å². The first-order valence-electron chi connectivity index (χ1n) is 13.7. The summed E-state index contributed by atoms with van der Waals surface area (Å²) in [5, 5.41) is 16.3. The molecule has 0 aliphatic carbocycles. The number of amides is 3. The van der Waals surface area contributed by atoms with Crippen LogP contribution in [0.1, 0.15) is 53.4 Å². The van der Waals surface area contributed by atoms with Gasteiger partial charge in [0, 0.05) is 32.7 Å². The van der Waals surface area contributed by atoms with Crippen LogP contribution in [0.25, 0.3) is 0 Å². The molecule has 4 heterocycles. The van der Waals surface area contributed by atoms with E-state index in [-0.39, 0.29) is 30.2 Å². The predicted octanol–water partition coefficient (Wildman–Crippen LogP) is 0.133. The Morgan fingerprint density at radius 2 is 1.83 bits per heavy atom. The molecule has 2 bridgehead atoms. The molecule has 1 spiro atoms. The molecule has 4 aliphatic rings. The molecule has 4 aliphatic heterocycles. The van der Waals surface area contributed by atoms with E-state index >= 15 is 0 Å². The second-order valence-corrected chi connectivity index (χ2v) is 11.5. The van der Waals surface area contributed by atoms with Crippen molar-refractivity contribution in [2.45, 2.75) is 76.7 Å². The minimum Gasteiger partial charge on any atom is -0.394 e. The number of aliphatic hydroxyl groups is 1. The summed E-state index contributed by atoms with van der Waals surface area (Å²) in [5.74, 6) is -1.86. The predicted molar refractivity (Wildman–Crippen MR) is 133 cm³/mol. The second kappa shape index (κ2) is 10.9. The van der Waals surface area contributed by atoms with Gasteiger partial charge in [-0.1, -0.05) is 20.8 Å². The van der Waals surface area contributed by atoms with Gasteiger partial charge in [0.05, 0.1) is 43.3 Å². The monoisotopic (exact) mass is 508 g/mol. The Morgan fingerprint density at radius 3 is 2.47 bits per heavy atom. The Morgan fingerprint density at radius 1 is 1.14 bits per heavy atom. The van der Waals surface area contributed by atoms with Crippen LogP contribution in [0.15, 0.2) is 0 Å². The molecule has 4 rings (SSSR count). The fraction of sp³-hybridized carbons (Fsp3) is 0.885. The van der Waals surface area contributed by atoms with Crippen molar-refractivity contribution < 1.29 is 29.0 Å². The Bertz CT molecular complexity index is 833. The molecule has 4 saturated heterocycles. The van der Waals surface area contributed by atoms with Crippen LogP contribution >= 0.6 is 0 Å². The highest BCUT2D eigenvalue weighted by atomic mass is 16.5. The number of morpholine rings is 1. The summed E-state index contributed by atoms with van der Waals surface area (Å²) in [6.45, 7) is 12.4. The Kier molecular flexibility index (Phi) is 8.29. The minimum absolute atomic E-state index is 0.183. The maximum Gasteiger partial charge on any atom is 0.245 e. The van der Waals surface area contributed by atoms with E-state index in [0.717, 1.165) is 19.5 Å². The van der Waals surface area contributed by atoms with E-state index in [1.165, 1.54) is 0 Å². The number of fused-ring (bicyclic) bond motifs is 1. The van der Waals surface area contributed by atoms with E-state index in [9.17, 15) is 19.5 Å². The van der Waals surface area contributed by atoms with Crippen LogP contribution < -0.4 is 10.6 Å². The summed E-state index contributed by atoms with van der Waals surface area (Å²) in [6.07, 6.45) is 2.50. The zero-order chi connectivity index (χ0) is 26.1. The van der Waals surface area contributed by atoms with Crippen LogP contribution in [-0.4, -0.2) is 108 Å². The van der Waals surface area contributed by atoms with Crippen molar-refractivity contribution in [3.8, 4) is 0 Å². The van der Waals surface area contributed by atoms with Gasteiger partial charge in [-0.3, -0.25) is 19.3 Å². The third-order valence-electron chi connectivity index (χ3n) is 8.47. The zero-order valence-electron chi connectivity index (χ0n) is 22.3. The van der Waals surface area contributed by atoms with E-state index < -0.39 is 35.1 Å². The van der Waals surface area contributed by atoms with Gasteiger partial charge in [0.1, 0.15) is 11.6 Å². The number of carbonyl (C=O) groups is 3. The summed E-state index contributed by atoms with van der Waals surface area (Å²) >= 11 is 0. The van der Waals surface area contributed by atoms with E-state index in [4.69, 9.17) is 9.47 Å². The quantitative estimate of drug-likeness (QED) is 0.363. The summed E-state index contributed by atoms with van der Waals surface area (Å²) in [5.41, 5.74) is -1.85. The van der Waals surface area contributed by atoms with Crippen molar-refractivity contribution in [3.05, 3.63) is 0 Å².